The van der Waals surface area contributed by atoms with Gasteiger partial charge in [0.25, 0.3) is 0 Å². The predicted octanol–water partition coefficient (Wildman–Crippen LogP) is 3.91. The quantitative estimate of drug-likeness (QED) is 0.560. The molecule has 9 heteroatoms. The molecule has 1 aliphatic rings. The minimum Gasteiger partial charge on any atom is -0.376 e. The van der Waals surface area contributed by atoms with Crippen molar-refractivity contribution in [2.24, 2.45) is 5.92 Å². The van der Waals surface area contributed by atoms with Crippen LogP contribution in [-0.2, 0) is 35.3 Å². The average Bonchev–Trinajstić information content (AvgIpc) is 2.83. The second-order valence-corrected chi connectivity index (χ2v) is 9.04. The normalized spacial score (nSPS) is 13.5. The Kier molecular flexibility index (Phi) is 8.77. The number of benzene rings is 2. The fourth-order valence-corrected chi connectivity index (χ4v) is 4.29. The first-order valence-corrected chi connectivity index (χ1v) is 11.8. The standard InChI is InChI=1S/C26H33F3N4O2/c1-18(2)25(35)33-13-11-21-19(16-33)8-6-10-23(21)31-15-24(34)32(14-12-30-3)17-20-7-4-5-9-22(20)26(27,28)29/h4-10,18,30-31H,11-17H2,1-3H3. The highest BCUT2D eigenvalue weighted by molar-refractivity contribution is 5.82. The van der Waals surface area contributed by atoms with Crippen molar-refractivity contribution in [1.82, 2.24) is 15.1 Å². The summed E-state index contributed by atoms with van der Waals surface area (Å²) >= 11 is 0. The van der Waals surface area contributed by atoms with Crippen LogP contribution in [0.5, 0.6) is 0 Å². The number of carbonyl (C=O) groups excluding carboxylic acids is 2. The van der Waals surface area contributed by atoms with Crippen LogP contribution < -0.4 is 10.6 Å². The molecule has 35 heavy (non-hydrogen) atoms. The lowest BCUT2D eigenvalue weighted by Crippen LogP contribution is -2.40. The van der Waals surface area contributed by atoms with E-state index >= 15 is 0 Å². The molecule has 0 spiro atoms. The Morgan fingerprint density at radius 2 is 1.86 bits per heavy atom. The summed E-state index contributed by atoms with van der Waals surface area (Å²) in [5.74, 6) is -0.243. The van der Waals surface area contributed by atoms with Crippen molar-refractivity contribution in [2.45, 2.75) is 39.5 Å². The number of carbonyl (C=O) groups is 2. The molecule has 2 aromatic carbocycles. The van der Waals surface area contributed by atoms with E-state index in [0.717, 1.165) is 22.9 Å². The summed E-state index contributed by atoms with van der Waals surface area (Å²) in [5, 5.41) is 6.14. The van der Waals surface area contributed by atoms with Crippen LogP contribution in [0.1, 0.15) is 36.1 Å². The van der Waals surface area contributed by atoms with Gasteiger partial charge in [0.1, 0.15) is 0 Å². The molecule has 1 aliphatic heterocycles. The molecule has 1 heterocycles. The van der Waals surface area contributed by atoms with Gasteiger partial charge in [-0.25, -0.2) is 0 Å². The zero-order valence-electron chi connectivity index (χ0n) is 20.4. The largest absolute Gasteiger partial charge is 0.416 e. The Hall–Kier alpha value is -3.07. The van der Waals surface area contributed by atoms with Crippen LogP contribution in [0.4, 0.5) is 18.9 Å². The number of alkyl halides is 3. The van der Waals surface area contributed by atoms with Gasteiger partial charge in [0.2, 0.25) is 11.8 Å². The van der Waals surface area contributed by atoms with Gasteiger partial charge in [-0.3, -0.25) is 9.59 Å². The molecule has 6 nitrogen and oxygen atoms in total. The molecule has 2 N–H and O–H groups in total. The number of anilines is 1. The lowest BCUT2D eigenvalue weighted by molar-refractivity contribution is -0.139. The predicted molar refractivity (Wildman–Crippen MR) is 130 cm³/mol. The van der Waals surface area contributed by atoms with E-state index in [4.69, 9.17) is 0 Å². The maximum Gasteiger partial charge on any atom is 0.416 e. The SMILES string of the molecule is CNCCN(Cc1ccccc1C(F)(F)F)C(=O)CNc1cccc2c1CCN(C(=O)C(C)C)C2. The van der Waals surface area contributed by atoms with Crippen molar-refractivity contribution in [3.8, 4) is 0 Å². The zero-order chi connectivity index (χ0) is 25.6. The van der Waals surface area contributed by atoms with Crippen LogP contribution in [0.25, 0.3) is 0 Å². The molecule has 0 fully saturated rings. The highest BCUT2D eigenvalue weighted by Crippen LogP contribution is 2.32. The summed E-state index contributed by atoms with van der Waals surface area (Å²) in [4.78, 5) is 28.7. The van der Waals surface area contributed by atoms with Gasteiger partial charge in [0, 0.05) is 44.3 Å². The van der Waals surface area contributed by atoms with Crippen LogP contribution in [0.15, 0.2) is 42.5 Å². The highest BCUT2D eigenvalue weighted by atomic mass is 19.4. The molecule has 0 atom stereocenters. The van der Waals surface area contributed by atoms with Gasteiger partial charge in [-0.1, -0.05) is 44.2 Å². The first-order valence-electron chi connectivity index (χ1n) is 11.8. The number of nitrogens with one attached hydrogen (secondary N) is 2. The summed E-state index contributed by atoms with van der Waals surface area (Å²) < 4.78 is 40.4. The fraction of sp³-hybridized carbons (Fsp3) is 0.462. The van der Waals surface area contributed by atoms with Crippen molar-refractivity contribution in [1.29, 1.82) is 0 Å². The molecule has 0 saturated heterocycles. The van der Waals surface area contributed by atoms with Crippen molar-refractivity contribution >= 4 is 17.5 Å². The van der Waals surface area contributed by atoms with E-state index in [1.165, 1.54) is 17.0 Å². The molecule has 190 valence electrons. The maximum absolute atomic E-state index is 13.5. The van der Waals surface area contributed by atoms with E-state index in [2.05, 4.69) is 10.6 Å². The molecule has 0 aromatic heterocycles. The molecule has 0 unspecified atom stereocenters. The van der Waals surface area contributed by atoms with Gasteiger partial charge in [-0.05, 0) is 42.3 Å². The van der Waals surface area contributed by atoms with Crippen LogP contribution >= 0.6 is 0 Å². The van der Waals surface area contributed by atoms with Crippen LogP contribution in [0, 0.1) is 5.92 Å². The van der Waals surface area contributed by atoms with Crippen molar-refractivity contribution in [3.63, 3.8) is 0 Å². The number of nitrogens with zero attached hydrogens (tertiary/aromatic N) is 2. The van der Waals surface area contributed by atoms with Gasteiger partial charge in [0.05, 0.1) is 12.1 Å². The molecule has 2 amide bonds. The summed E-state index contributed by atoms with van der Waals surface area (Å²) in [7, 11) is 1.73. The van der Waals surface area contributed by atoms with E-state index in [1.54, 1.807) is 13.1 Å². The molecular formula is C26H33F3N4O2. The van der Waals surface area contributed by atoms with Gasteiger partial charge in [-0.15, -0.1) is 0 Å². The lowest BCUT2D eigenvalue weighted by atomic mass is 9.96. The first-order chi connectivity index (χ1) is 16.6. The van der Waals surface area contributed by atoms with Gasteiger partial charge >= 0.3 is 6.18 Å². The fourth-order valence-electron chi connectivity index (χ4n) is 4.29. The third-order valence-corrected chi connectivity index (χ3v) is 6.17. The lowest BCUT2D eigenvalue weighted by Gasteiger charge is -2.31. The van der Waals surface area contributed by atoms with E-state index in [0.29, 0.717) is 26.1 Å². The Labute approximate surface area is 204 Å². The monoisotopic (exact) mass is 490 g/mol. The van der Waals surface area contributed by atoms with Gasteiger partial charge in [-0.2, -0.15) is 13.2 Å². The summed E-state index contributed by atoms with van der Waals surface area (Å²) in [6, 6.07) is 11.1. The molecule has 0 saturated carbocycles. The van der Waals surface area contributed by atoms with Crippen LogP contribution in [0.3, 0.4) is 0 Å². The van der Waals surface area contributed by atoms with E-state index < -0.39 is 11.7 Å². The van der Waals surface area contributed by atoms with E-state index in [-0.39, 0.29) is 42.9 Å². The average molecular weight is 491 g/mol. The Morgan fingerprint density at radius 3 is 2.54 bits per heavy atom. The van der Waals surface area contributed by atoms with Crippen molar-refractivity contribution < 1.29 is 22.8 Å². The van der Waals surface area contributed by atoms with E-state index in [9.17, 15) is 22.8 Å². The highest BCUT2D eigenvalue weighted by Gasteiger charge is 2.33. The third-order valence-electron chi connectivity index (χ3n) is 6.17. The minimum absolute atomic E-state index is 0.0387. The summed E-state index contributed by atoms with van der Waals surface area (Å²) in [6.45, 7) is 5.48. The topological polar surface area (TPSA) is 64.7 Å². The molecule has 0 radical (unpaired) electrons. The zero-order valence-corrected chi connectivity index (χ0v) is 20.4. The second kappa shape index (κ2) is 11.6. The molecule has 0 bridgehead atoms. The number of fused-ring (bicyclic) bond motifs is 1. The Bertz CT molecular complexity index is 1040. The van der Waals surface area contributed by atoms with Crippen LogP contribution in [-0.4, -0.2) is 54.8 Å². The summed E-state index contributed by atoms with van der Waals surface area (Å²) in [5.41, 5.74) is 2.26. The first kappa shape index (κ1) is 26.5. The third kappa shape index (κ3) is 6.75. The van der Waals surface area contributed by atoms with Crippen molar-refractivity contribution in [3.05, 3.63) is 64.7 Å². The van der Waals surface area contributed by atoms with Crippen LogP contribution in [0.2, 0.25) is 0 Å². The van der Waals surface area contributed by atoms with E-state index in [1.807, 2.05) is 36.9 Å². The minimum atomic E-state index is -4.49. The van der Waals surface area contributed by atoms with Gasteiger partial charge < -0.3 is 20.4 Å². The Morgan fingerprint density at radius 1 is 1.11 bits per heavy atom. The summed E-state index contributed by atoms with van der Waals surface area (Å²) in [6.07, 6.45) is -3.81. The second-order valence-electron chi connectivity index (χ2n) is 9.04. The smallest absolute Gasteiger partial charge is 0.376 e. The number of hydrogen-bond acceptors (Lipinski definition) is 4. The number of rotatable bonds is 9. The number of halogens is 3. The van der Waals surface area contributed by atoms with Gasteiger partial charge in [0.15, 0.2) is 0 Å². The molecule has 2 aromatic rings. The van der Waals surface area contributed by atoms with Crippen molar-refractivity contribution in [2.75, 3.05) is 38.5 Å². The molecular weight excluding hydrogens is 457 g/mol. The maximum atomic E-state index is 13.5. The Balaban J connectivity index is 1.72. The molecule has 0 aliphatic carbocycles. The molecule has 3 rings (SSSR count). The number of likely N-dealkylation sites (N-methyl/N-ethyl adjacent to an activating group) is 1. The number of amides is 2. The number of hydrogen-bond donors (Lipinski definition) is 2.